The molecule has 1 saturated heterocycles. The monoisotopic (exact) mass is 519 g/mol. The third-order valence-corrected chi connectivity index (χ3v) is 7.24. The second-order valence-corrected chi connectivity index (χ2v) is 10.1. The van der Waals surface area contributed by atoms with Crippen molar-refractivity contribution in [2.24, 2.45) is 0 Å². The van der Waals surface area contributed by atoms with E-state index < -0.39 is 40.5 Å². The summed E-state index contributed by atoms with van der Waals surface area (Å²) in [7, 11) is 0. The number of rotatable bonds is 6. The van der Waals surface area contributed by atoms with Crippen molar-refractivity contribution in [2.45, 2.75) is 76.8 Å². The first kappa shape index (κ1) is 26.6. The standard InChI is InChI=1S/C27H29F4N3O3/c1-15-10-18(24(36)34-16(2)4-5-17(34)3)6-7-19(15)14-32-25(37)26(8-9-26)33-23(35)20-11-21(27(29,30)31)13-22(28)12-20/h6-7,10-13,16-17H,4-5,8-9,14H2,1-3H3,(H,32,37)(H,33,35)/t16-,17+. The van der Waals surface area contributed by atoms with Gasteiger partial charge in [-0.05, 0) is 87.9 Å². The van der Waals surface area contributed by atoms with Gasteiger partial charge in [0.05, 0.1) is 5.56 Å². The highest BCUT2D eigenvalue weighted by molar-refractivity contribution is 6.00. The topological polar surface area (TPSA) is 78.5 Å². The molecular weight excluding hydrogens is 490 g/mol. The van der Waals surface area contributed by atoms with Gasteiger partial charge in [-0.15, -0.1) is 0 Å². The van der Waals surface area contributed by atoms with Gasteiger partial charge in [-0.3, -0.25) is 14.4 Å². The van der Waals surface area contributed by atoms with E-state index in [-0.39, 0.29) is 24.5 Å². The van der Waals surface area contributed by atoms with Crippen LogP contribution in [0.3, 0.4) is 0 Å². The minimum Gasteiger partial charge on any atom is -0.350 e. The van der Waals surface area contributed by atoms with Crippen LogP contribution in [0, 0.1) is 12.7 Å². The average Bonchev–Trinajstić information content (AvgIpc) is 3.53. The second-order valence-electron chi connectivity index (χ2n) is 10.1. The molecule has 0 spiro atoms. The molecular formula is C27H29F4N3O3. The molecule has 4 rings (SSSR count). The predicted molar refractivity (Wildman–Crippen MR) is 128 cm³/mol. The summed E-state index contributed by atoms with van der Waals surface area (Å²) < 4.78 is 52.6. The van der Waals surface area contributed by atoms with Crippen LogP contribution in [0.2, 0.25) is 0 Å². The molecule has 10 heteroatoms. The first-order valence-electron chi connectivity index (χ1n) is 12.2. The fourth-order valence-corrected chi connectivity index (χ4v) is 4.82. The second kappa shape index (κ2) is 9.79. The molecule has 0 aromatic heterocycles. The molecule has 2 fully saturated rings. The van der Waals surface area contributed by atoms with Gasteiger partial charge in [0.2, 0.25) is 5.91 Å². The number of nitrogens with zero attached hydrogens (tertiary/aromatic N) is 1. The highest BCUT2D eigenvalue weighted by atomic mass is 19.4. The van der Waals surface area contributed by atoms with E-state index in [1.54, 1.807) is 18.2 Å². The number of carbonyl (C=O) groups is 3. The maximum Gasteiger partial charge on any atom is 0.416 e. The smallest absolute Gasteiger partial charge is 0.350 e. The van der Waals surface area contributed by atoms with Gasteiger partial charge in [0.25, 0.3) is 11.8 Å². The Kier molecular flexibility index (Phi) is 7.05. The van der Waals surface area contributed by atoms with Crippen molar-refractivity contribution < 1.29 is 31.9 Å². The summed E-state index contributed by atoms with van der Waals surface area (Å²) in [6, 6.07) is 7.22. The van der Waals surface area contributed by atoms with Crippen molar-refractivity contribution >= 4 is 17.7 Å². The van der Waals surface area contributed by atoms with Crippen LogP contribution in [0.15, 0.2) is 36.4 Å². The largest absolute Gasteiger partial charge is 0.416 e. The number of amides is 3. The van der Waals surface area contributed by atoms with Crippen LogP contribution in [0.25, 0.3) is 0 Å². The van der Waals surface area contributed by atoms with Crippen LogP contribution >= 0.6 is 0 Å². The molecule has 198 valence electrons. The van der Waals surface area contributed by atoms with E-state index in [1.165, 1.54) is 0 Å². The molecule has 37 heavy (non-hydrogen) atoms. The number of alkyl halides is 3. The van der Waals surface area contributed by atoms with E-state index in [1.807, 2.05) is 25.7 Å². The zero-order valence-electron chi connectivity index (χ0n) is 20.8. The fraction of sp³-hybridized carbons (Fsp3) is 0.444. The van der Waals surface area contributed by atoms with Gasteiger partial charge < -0.3 is 15.5 Å². The summed E-state index contributed by atoms with van der Waals surface area (Å²) in [5.41, 5.74) is -0.865. The van der Waals surface area contributed by atoms with Crippen LogP contribution in [0.5, 0.6) is 0 Å². The summed E-state index contributed by atoms with van der Waals surface area (Å²) in [6.07, 6.45) is -2.25. The maximum absolute atomic E-state index is 13.7. The van der Waals surface area contributed by atoms with Gasteiger partial charge in [-0.25, -0.2) is 4.39 Å². The van der Waals surface area contributed by atoms with Gasteiger partial charge in [-0.2, -0.15) is 13.2 Å². The van der Waals surface area contributed by atoms with Crippen molar-refractivity contribution in [3.8, 4) is 0 Å². The van der Waals surface area contributed by atoms with E-state index in [9.17, 15) is 31.9 Å². The fourth-order valence-electron chi connectivity index (χ4n) is 4.82. The van der Waals surface area contributed by atoms with E-state index in [0.29, 0.717) is 36.6 Å². The molecule has 0 bridgehead atoms. The molecule has 2 atom stereocenters. The summed E-state index contributed by atoms with van der Waals surface area (Å²) in [5, 5.41) is 5.23. The highest BCUT2D eigenvalue weighted by Gasteiger charge is 2.51. The normalized spacial score (nSPS) is 20.5. The van der Waals surface area contributed by atoms with Crippen LogP contribution in [-0.2, 0) is 17.5 Å². The third kappa shape index (κ3) is 5.62. The Morgan fingerprint density at radius 2 is 1.65 bits per heavy atom. The Morgan fingerprint density at radius 3 is 2.22 bits per heavy atom. The Hall–Kier alpha value is -3.43. The Balaban J connectivity index is 1.39. The zero-order chi connectivity index (χ0) is 27.1. The van der Waals surface area contributed by atoms with Gasteiger partial charge in [0, 0.05) is 29.8 Å². The molecule has 2 aromatic rings. The van der Waals surface area contributed by atoms with Crippen LogP contribution in [-0.4, -0.2) is 40.2 Å². The molecule has 1 saturated carbocycles. The Morgan fingerprint density at radius 1 is 1.00 bits per heavy atom. The average molecular weight is 520 g/mol. The Labute approximate surface area is 212 Å². The maximum atomic E-state index is 13.7. The number of benzene rings is 2. The summed E-state index contributed by atoms with van der Waals surface area (Å²) in [5.74, 6) is -2.66. The van der Waals surface area contributed by atoms with E-state index >= 15 is 0 Å². The number of hydrogen-bond donors (Lipinski definition) is 2. The van der Waals surface area contributed by atoms with Gasteiger partial charge in [0.1, 0.15) is 11.4 Å². The van der Waals surface area contributed by atoms with Crippen molar-refractivity contribution in [3.05, 3.63) is 70.0 Å². The lowest BCUT2D eigenvalue weighted by Gasteiger charge is -2.26. The highest BCUT2D eigenvalue weighted by Crippen LogP contribution is 2.37. The molecule has 2 aliphatic rings. The van der Waals surface area contributed by atoms with Gasteiger partial charge in [-0.1, -0.05) is 6.07 Å². The zero-order valence-corrected chi connectivity index (χ0v) is 20.8. The number of aryl methyl sites for hydroxylation is 1. The minimum absolute atomic E-state index is 0.0261. The molecule has 6 nitrogen and oxygen atoms in total. The predicted octanol–water partition coefficient (Wildman–Crippen LogP) is 4.74. The number of nitrogens with one attached hydrogen (secondary N) is 2. The molecule has 1 aliphatic heterocycles. The van der Waals surface area contributed by atoms with Crippen molar-refractivity contribution in [1.82, 2.24) is 15.5 Å². The lowest BCUT2D eigenvalue weighted by Crippen LogP contribution is -2.48. The van der Waals surface area contributed by atoms with Crippen molar-refractivity contribution in [1.29, 1.82) is 0 Å². The first-order chi connectivity index (χ1) is 17.3. The molecule has 0 unspecified atom stereocenters. The summed E-state index contributed by atoms with van der Waals surface area (Å²) in [6.45, 7) is 6.06. The number of halogens is 4. The summed E-state index contributed by atoms with van der Waals surface area (Å²) in [4.78, 5) is 40.3. The van der Waals surface area contributed by atoms with Gasteiger partial charge in [0.15, 0.2) is 0 Å². The molecule has 3 amide bonds. The Bertz CT molecular complexity index is 1230. The molecule has 1 heterocycles. The molecule has 2 N–H and O–H groups in total. The quantitative estimate of drug-likeness (QED) is 0.541. The van der Waals surface area contributed by atoms with Crippen LogP contribution in [0.4, 0.5) is 17.6 Å². The van der Waals surface area contributed by atoms with E-state index in [4.69, 9.17) is 0 Å². The van der Waals surface area contributed by atoms with Crippen molar-refractivity contribution in [3.63, 3.8) is 0 Å². The number of likely N-dealkylation sites (tertiary alicyclic amines) is 1. The third-order valence-electron chi connectivity index (χ3n) is 7.24. The lowest BCUT2D eigenvalue weighted by molar-refractivity contribution is -0.137. The molecule has 2 aromatic carbocycles. The minimum atomic E-state index is -4.81. The first-order valence-corrected chi connectivity index (χ1v) is 12.2. The van der Waals surface area contributed by atoms with Gasteiger partial charge >= 0.3 is 6.18 Å². The lowest BCUT2D eigenvalue weighted by atomic mass is 10.0. The number of hydrogen-bond acceptors (Lipinski definition) is 3. The SMILES string of the molecule is Cc1cc(C(=O)N2[C@H](C)CC[C@@H]2C)ccc1CNC(=O)C1(NC(=O)c2cc(F)cc(C(F)(F)F)c2)CC1. The van der Waals surface area contributed by atoms with Crippen molar-refractivity contribution in [2.75, 3.05) is 0 Å². The van der Waals surface area contributed by atoms with E-state index in [0.717, 1.165) is 24.0 Å². The van der Waals surface area contributed by atoms with Crippen LogP contribution in [0.1, 0.15) is 76.9 Å². The van der Waals surface area contributed by atoms with E-state index in [2.05, 4.69) is 10.6 Å². The summed E-state index contributed by atoms with van der Waals surface area (Å²) >= 11 is 0. The molecule has 1 aliphatic carbocycles. The molecule has 0 radical (unpaired) electrons. The number of carbonyl (C=O) groups excluding carboxylic acids is 3. The van der Waals surface area contributed by atoms with Crippen LogP contribution < -0.4 is 10.6 Å².